The van der Waals surface area contributed by atoms with Crippen LogP contribution in [0.1, 0.15) is 56.7 Å². The summed E-state index contributed by atoms with van der Waals surface area (Å²) in [6, 6.07) is 12.2. The van der Waals surface area contributed by atoms with E-state index >= 15 is 0 Å². The van der Waals surface area contributed by atoms with Gasteiger partial charge in [-0.1, -0.05) is 50.6 Å². The van der Waals surface area contributed by atoms with Crippen LogP contribution in [-0.4, -0.2) is 50.5 Å². The third-order valence-electron chi connectivity index (χ3n) is 5.98. The summed E-state index contributed by atoms with van der Waals surface area (Å²) < 4.78 is 26.5. The number of hydrogen-bond acceptors (Lipinski definition) is 4. The SMILES string of the molecule is CC[C@@H](C(=O)NCC(C)C)N(Cc1ccc(Cl)cc1)C(=O)CCCN(c1cc(C)cc(C)c1)S(C)(=O)=O. The van der Waals surface area contributed by atoms with Gasteiger partial charge in [0.2, 0.25) is 21.8 Å². The highest BCUT2D eigenvalue weighted by Crippen LogP contribution is 2.23. The maximum atomic E-state index is 13.5. The number of hydrogen-bond donors (Lipinski definition) is 1. The van der Waals surface area contributed by atoms with E-state index in [0.717, 1.165) is 16.7 Å². The van der Waals surface area contributed by atoms with Gasteiger partial charge in [0.05, 0.1) is 11.9 Å². The molecule has 0 saturated carbocycles. The number of benzene rings is 2. The van der Waals surface area contributed by atoms with Crippen molar-refractivity contribution in [2.75, 3.05) is 23.7 Å². The van der Waals surface area contributed by atoms with Crippen molar-refractivity contribution in [3.05, 3.63) is 64.2 Å². The van der Waals surface area contributed by atoms with Crippen LogP contribution in [-0.2, 0) is 26.2 Å². The molecule has 0 spiro atoms. The first-order valence-electron chi connectivity index (χ1n) is 12.7. The molecule has 1 atom stereocenters. The van der Waals surface area contributed by atoms with E-state index in [9.17, 15) is 18.0 Å². The Hall–Kier alpha value is -2.58. The van der Waals surface area contributed by atoms with Crippen molar-refractivity contribution in [1.82, 2.24) is 10.2 Å². The summed E-state index contributed by atoms with van der Waals surface area (Å²) in [5.41, 5.74) is 3.38. The van der Waals surface area contributed by atoms with Gasteiger partial charge in [0, 0.05) is 31.1 Å². The molecule has 2 amide bonds. The average Bonchev–Trinajstić information content (AvgIpc) is 2.79. The number of halogens is 1. The fourth-order valence-electron chi connectivity index (χ4n) is 4.23. The van der Waals surface area contributed by atoms with Crippen molar-refractivity contribution in [3.63, 3.8) is 0 Å². The summed E-state index contributed by atoms with van der Waals surface area (Å²) in [5, 5.41) is 3.54. The molecular weight excluding hydrogens is 510 g/mol. The summed E-state index contributed by atoms with van der Waals surface area (Å²) in [4.78, 5) is 28.1. The number of aryl methyl sites for hydroxylation is 2. The number of amides is 2. The molecule has 0 aliphatic heterocycles. The first-order chi connectivity index (χ1) is 17.3. The minimum absolute atomic E-state index is 0.109. The molecule has 0 fully saturated rings. The molecule has 0 bridgehead atoms. The Morgan fingerprint density at radius 2 is 1.62 bits per heavy atom. The van der Waals surface area contributed by atoms with E-state index in [1.165, 1.54) is 10.6 Å². The summed E-state index contributed by atoms with van der Waals surface area (Å²) in [7, 11) is -3.54. The van der Waals surface area contributed by atoms with Gasteiger partial charge in [-0.25, -0.2) is 8.42 Å². The number of carbonyl (C=O) groups excluding carboxylic acids is 2. The van der Waals surface area contributed by atoms with Crippen molar-refractivity contribution in [2.24, 2.45) is 5.92 Å². The molecule has 0 aromatic heterocycles. The Balaban J connectivity index is 2.22. The normalized spacial score (nSPS) is 12.3. The molecule has 2 aromatic carbocycles. The van der Waals surface area contributed by atoms with Gasteiger partial charge in [-0.15, -0.1) is 0 Å². The second-order valence-corrected chi connectivity index (χ2v) is 12.3. The van der Waals surface area contributed by atoms with Gasteiger partial charge in [-0.2, -0.15) is 0 Å². The maximum absolute atomic E-state index is 13.5. The molecule has 37 heavy (non-hydrogen) atoms. The second-order valence-electron chi connectivity index (χ2n) is 10.00. The maximum Gasteiger partial charge on any atom is 0.242 e. The van der Waals surface area contributed by atoms with Gasteiger partial charge in [0.1, 0.15) is 6.04 Å². The van der Waals surface area contributed by atoms with Crippen LogP contribution in [0.2, 0.25) is 5.02 Å². The lowest BCUT2D eigenvalue weighted by Gasteiger charge is -2.31. The minimum atomic E-state index is -3.54. The molecule has 9 heteroatoms. The molecule has 204 valence electrons. The molecule has 2 rings (SSSR count). The fourth-order valence-corrected chi connectivity index (χ4v) is 5.30. The zero-order valence-corrected chi connectivity index (χ0v) is 24.3. The largest absolute Gasteiger partial charge is 0.354 e. The standard InChI is InChI=1S/C28H40ClN3O4S/c1-7-26(28(34)30-18-20(2)3)31(19-23-10-12-24(29)13-11-23)27(33)9-8-14-32(37(6,35)36)25-16-21(4)15-22(5)17-25/h10-13,15-17,20,26H,7-9,14,18-19H2,1-6H3,(H,30,34)/t26-/m0/s1. The number of rotatable bonds is 13. The summed E-state index contributed by atoms with van der Waals surface area (Å²) >= 11 is 6.03. The average molecular weight is 550 g/mol. The molecule has 0 saturated heterocycles. The predicted molar refractivity (Wildman–Crippen MR) is 151 cm³/mol. The van der Waals surface area contributed by atoms with Gasteiger partial charge in [0.15, 0.2) is 0 Å². The number of nitrogens with one attached hydrogen (secondary N) is 1. The lowest BCUT2D eigenvalue weighted by atomic mass is 10.1. The van der Waals surface area contributed by atoms with E-state index in [0.29, 0.717) is 30.1 Å². The summed E-state index contributed by atoms with van der Waals surface area (Å²) in [6.07, 6.45) is 2.06. The van der Waals surface area contributed by atoms with Gasteiger partial charge in [-0.3, -0.25) is 13.9 Å². The van der Waals surface area contributed by atoms with E-state index in [1.54, 1.807) is 17.0 Å². The molecule has 2 aromatic rings. The summed E-state index contributed by atoms with van der Waals surface area (Å²) in [5.74, 6) is -0.101. The Morgan fingerprint density at radius 3 is 2.14 bits per heavy atom. The van der Waals surface area contributed by atoms with Crippen LogP contribution in [0.4, 0.5) is 5.69 Å². The molecule has 0 aliphatic carbocycles. The van der Waals surface area contributed by atoms with Crippen LogP contribution < -0.4 is 9.62 Å². The smallest absolute Gasteiger partial charge is 0.242 e. The van der Waals surface area contributed by atoms with Crippen molar-refractivity contribution >= 4 is 39.1 Å². The molecule has 0 unspecified atom stereocenters. The van der Waals surface area contributed by atoms with E-state index in [4.69, 9.17) is 11.6 Å². The lowest BCUT2D eigenvalue weighted by molar-refractivity contribution is -0.141. The van der Waals surface area contributed by atoms with Crippen LogP contribution in [0, 0.1) is 19.8 Å². The third kappa shape index (κ3) is 9.67. The zero-order chi connectivity index (χ0) is 27.8. The Morgan fingerprint density at radius 1 is 1.03 bits per heavy atom. The van der Waals surface area contributed by atoms with Crippen LogP contribution in [0.3, 0.4) is 0 Å². The highest BCUT2D eigenvalue weighted by Gasteiger charge is 2.29. The molecule has 7 nitrogen and oxygen atoms in total. The van der Waals surface area contributed by atoms with Gasteiger partial charge < -0.3 is 10.2 Å². The minimum Gasteiger partial charge on any atom is -0.354 e. The quantitative estimate of drug-likeness (QED) is 0.377. The monoisotopic (exact) mass is 549 g/mol. The molecular formula is C28H40ClN3O4S. The molecule has 0 aliphatic rings. The van der Waals surface area contributed by atoms with Crippen LogP contribution in [0.5, 0.6) is 0 Å². The third-order valence-corrected chi connectivity index (χ3v) is 7.43. The summed E-state index contributed by atoms with van der Waals surface area (Å²) in [6.45, 7) is 10.7. The Labute approximate surface area is 227 Å². The van der Waals surface area contributed by atoms with Crippen molar-refractivity contribution in [3.8, 4) is 0 Å². The second kappa shape index (κ2) is 13.8. The first-order valence-corrected chi connectivity index (χ1v) is 14.9. The fraction of sp³-hybridized carbons (Fsp3) is 0.500. The molecule has 0 heterocycles. The molecule has 0 radical (unpaired) electrons. The van der Waals surface area contributed by atoms with E-state index in [1.807, 2.05) is 65.0 Å². The number of carbonyl (C=O) groups is 2. The van der Waals surface area contributed by atoms with Gasteiger partial charge in [-0.05, 0) is 73.6 Å². The zero-order valence-electron chi connectivity index (χ0n) is 22.8. The van der Waals surface area contributed by atoms with Gasteiger partial charge >= 0.3 is 0 Å². The number of anilines is 1. The van der Waals surface area contributed by atoms with Gasteiger partial charge in [0.25, 0.3) is 0 Å². The Kier molecular flexibility index (Phi) is 11.4. The predicted octanol–water partition coefficient (Wildman–Crippen LogP) is 5.08. The van der Waals surface area contributed by atoms with E-state index in [-0.39, 0.29) is 37.2 Å². The highest BCUT2D eigenvalue weighted by molar-refractivity contribution is 7.92. The lowest BCUT2D eigenvalue weighted by Crippen LogP contribution is -2.49. The van der Waals surface area contributed by atoms with E-state index in [2.05, 4.69) is 5.32 Å². The van der Waals surface area contributed by atoms with Crippen molar-refractivity contribution in [2.45, 2.75) is 66.5 Å². The van der Waals surface area contributed by atoms with E-state index < -0.39 is 16.1 Å². The van der Waals surface area contributed by atoms with Crippen molar-refractivity contribution in [1.29, 1.82) is 0 Å². The first kappa shape index (κ1) is 30.6. The molecule has 1 N–H and O–H groups in total. The van der Waals surface area contributed by atoms with Crippen LogP contribution >= 0.6 is 11.6 Å². The van der Waals surface area contributed by atoms with Crippen LogP contribution in [0.15, 0.2) is 42.5 Å². The van der Waals surface area contributed by atoms with Crippen molar-refractivity contribution < 1.29 is 18.0 Å². The number of sulfonamides is 1. The topological polar surface area (TPSA) is 86.8 Å². The van der Waals surface area contributed by atoms with Crippen LogP contribution in [0.25, 0.3) is 0 Å². The highest BCUT2D eigenvalue weighted by atomic mass is 35.5. The number of nitrogens with zero attached hydrogens (tertiary/aromatic N) is 2. The Bertz CT molecular complexity index is 1150.